The predicted molar refractivity (Wildman–Crippen MR) is 94.7 cm³/mol. The number of imidazole rings is 1. The third-order valence-corrected chi connectivity index (χ3v) is 4.51. The van der Waals surface area contributed by atoms with Crippen LogP contribution in [0.4, 0.5) is 0 Å². The van der Waals surface area contributed by atoms with Gasteiger partial charge < -0.3 is 0 Å². The van der Waals surface area contributed by atoms with Crippen molar-refractivity contribution < 1.29 is 0 Å². The van der Waals surface area contributed by atoms with Crippen molar-refractivity contribution in [2.45, 2.75) is 24.3 Å². The highest BCUT2D eigenvalue weighted by molar-refractivity contribution is 8.00. The number of hydrogen-bond acceptors (Lipinski definition) is 3. The first kappa shape index (κ1) is 15.4. The first-order chi connectivity index (χ1) is 11.2. The number of nitriles is 1. The fourth-order valence-electron chi connectivity index (χ4n) is 2.36. The van der Waals surface area contributed by atoms with Crippen molar-refractivity contribution >= 4 is 11.8 Å². The molecule has 114 valence electrons. The molecular weight excluding hydrogens is 302 g/mol. The maximum atomic E-state index is 9.10. The molecule has 0 fully saturated rings. The Labute approximate surface area is 140 Å². The summed E-state index contributed by atoms with van der Waals surface area (Å²) in [5, 5.41) is 9.79. The minimum Gasteiger partial charge on any atom is -0.287 e. The molecule has 0 aliphatic rings. The van der Waals surface area contributed by atoms with Gasteiger partial charge in [0.2, 0.25) is 0 Å². The molecule has 0 aliphatic carbocycles. The lowest BCUT2D eigenvalue weighted by Gasteiger charge is -2.12. The molecule has 3 rings (SSSR count). The number of hydrogen-bond donors (Lipinski definition) is 0. The third kappa shape index (κ3) is 3.30. The van der Waals surface area contributed by atoms with Crippen LogP contribution >= 0.6 is 11.8 Å². The summed E-state index contributed by atoms with van der Waals surface area (Å²) < 4.78 is 2.11. The van der Waals surface area contributed by atoms with E-state index in [0.717, 1.165) is 22.1 Å². The smallest absolute Gasteiger partial charge is 0.174 e. The molecular formula is C19H17N3S. The summed E-state index contributed by atoms with van der Waals surface area (Å²) in [6, 6.07) is 20.8. The zero-order chi connectivity index (χ0) is 16.2. The maximum Gasteiger partial charge on any atom is 0.174 e. The minimum atomic E-state index is -0.147. The molecule has 1 heterocycles. The maximum absolute atomic E-state index is 9.10. The second-order valence-electron chi connectivity index (χ2n) is 5.35. The summed E-state index contributed by atoms with van der Waals surface area (Å²) in [7, 11) is 0. The lowest BCUT2D eigenvalue weighted by molar-refractivity contribution is 0.898. The molecule has 1 aromatic heterocycles. The van der Waals surface area contributed by atoms with Crippen LogP contribution in [0.5, 0.6) is 0 Å². The zero-order valence-electron chi connectivity index (χ0n) is 13.1. The van der Waals surface area contributed by atoms with Gasteiger partial charge in [0.25, 0.3) is 0 Å². The van der Waals surface area contributed by atoms with Crippen molar-refractivity contribution in [3.8, 4) is 23.0 Å². The van der Waals surface area contributed by atoms with Gasteiger partial charge in [0.15, 0.2) is 5.16 Å². The zero-order valence-corrected chi connectivity index (χ0v) is 13.9. The molecule has 1 atom stereocenters. The van der Waals surface area contributed by atoms with E-state index in [1.165, 1.54) is 17.3 Å². The summed E-state index contributed by atoms with van der Waals surface area (Å²) in [5.74, 6) is 0. The molecule has 23 heavy (non-hydrogen) atoms. The van der Waals surface area contributed by atoms with Gasteiger partial charge in [-0.15, -0.1) is 0 Å². The molecule has 0 unspecified atom stereocenters. The number of rotatable bonds is 4. The molecule has 2 aromatic carbocycles. The van der Waals surface area contributed by atoms with E-state index in [0.29, 0.717) is 0 Å². The second kappa shape index (κ2) is 6.72. The lowest BCUT2D eigenvalue weighted by Crippen LogP contribution is -2.01. The number of aromatic nitrogens is 2. The molecule has 0 radical (unpaired) electrons. The molecule has 0 bridgehead atoms. The van der Waals surface area contributed by atoms with Crippen molar-refractivity contribution in [1.82, 2.24) is 9.55 Å². The number of para-hydroxylation sites is 1. The highest BCUT2D eigenvalue weighted by Crippen LogP contribution is 2.31. The Bertz CT molecular complexity index is 829. The van der Waals surface area contributed by atoms with Gasteiger partial charge in [-0.1, -0.05) is 59.8 Å². The molecule has 3 aromatic rings. The van der Waals surface area contributed by atoms with E-state index in [-0.39, 0.29) is 5.25 Å². The fourth-order valence-corrected chi connectivity index (χ4v) is 3.15. The summed E-state index contributed by atoms with van der Waals surface area (Å²) in [6.07, 6.45) is 1.88. The molecule has 0 N–H and O–H groups in total. The van der Waals surface area contributed by atoms with Gasteiger partial charge in [0.05, 0.1) is 23.2 Å². The first-order valence-corrected chi connectivity index (χ1v) is 8.33. The number of nitrogens with zero attached hydrogens (tertiary/aromatic N) is 3. The predicted octanol–water partition coefficient (Wildman–Crippen LogP) is 4.85. The van der Waals surface area contributed by atoms with Crippen LogP contribution in [0.2, 0.25) is 0 Å². The second-order valence-corrected chi connectivity index (χ2v) is 6.66. The Morgan fingerprint density at radius 3 is 2.43 bits per heavy atom. The van der Waals surface area contributed by atoms with Gasteiger partial charge in [-0.2, -0.15) is 5.26 Å². The van der Waals surface area contributed by atoms with Crippen LogP contribution in [0.25, 0.3) is 16.9 Å². The number of benzene rings is 2. The highest BCUT2D eigenvalue weighted by Gasteiger charge is 2.16. The number of aryl methyl sites for hydroxylation is 1. The van der Waals surface area contributed by atoms with Crippen LogP contribution in [0.15, 0.2) is 66.0 Å². The Hall–Kier alpha value is -2.51. The van der Waals surface area contributed by atoms with E-state index >= 15 is 0 Å². The quantitative estimate of drug-likeness (QED) is 0.645. The highest BCUT2D eigenvalue weighted by atomic mass is 32.2. The largest absolute Gasteiger partial charge is 0.287 e. The van der Waals surface area contributed by atoms with Gasteiger partial charge in [-0.3, -0.25) is 4.57 Å². The van der Waals surface area contributed by atoms with E-state index in [1.54, 1.807) is 0 Å². The van der Waals surface area contributed by atoms with Crippen LogP contribution in [0.3, 0.4) is 0 Å². The topological polar surface area (TPSA) is 41.6 Å². The minimum absolute atomic E-state index is 0.147. The molecule has 0 aliphatic heterocycles. The molecule has 0 spiro atoms. The van der Waals surface area contributed by atoms with Gasteiger partial charge in [-0.25, -0.2) is 4.98 Å². The van der Waals surface area contributed by atoms with Crippen molar-refractivity contribution in [2.75, 3.05) is 0 Å². The lowest BCUT2D eigenvalue weighted by atomic mass is 10.1. The average molecular weight is 319 g/mol. The first-order valence-electron chi connectivity index (χ1n) is 7.45. The molecule has 4 heteroatoms. The van der Waals surface area contributed by atoms with E-state index < -0.39 is 0 Å². The van der Waals surface area contributed by atoms with Gasteiger partial charge in [0, 0.05) is 11.3 Å². The molecule has 0 saturated heterocycles. The molecule has 3 nitrogen and oxygen atoms in total. The van der Waals surface area contributed by atoms with Crippen LogP contribution in [-0.2, 0) is 0 Å². The van der Waals surface area contributed by atoms with E-state index in [9.17, 15) is 0 Å². The van der Waals surface area contributed by atoms with Gasteiger partial charge >= 0.3 is 0 Å². The van der Waals surface area contributed by atoms with Gasteiger partial charge in [-0.05, 0) is 26.0 Å². The van der Waals surface area contributed by atoms with E-state index in [4.69, 9.17) is 5.26 Å². The molecule has 0 amide bonds. The summed E-state index contributed by atoms with van der Waals surface area (Å²) >= 11 is 1.47. The summed E-state index contributed by atoms with van der Waals surface area (Å²) in [6.45, 7) is 3.97. The van der Waals surface area contributed by atoms with Crippen molar-refractivity contribution in [3.63, 3.8) is 0 Å². The SMILES string of the molecule is Cc1ccc(-c2cnc(S[C@H](C)C#N)n2-c2ccccc2)cc1. The standard InChI is InChI=1S/C19H17N3S/c1-14-8-10-16(11-9-14)18-13-21-19(23-15(2)12-20)22(18)17-6-4-3-5-7-17/h3-11,13,15H,1-2H3/t15-/m1/s1. The third-order valence-electron chi connectivity index (χ3n) is 3.56. The van der Waals surface area contributed by atoms with Crippen LogP contribution in [-0.4, -0.2) is 14.8 Å². The Kier molecular flexibility index (Phi) is 4.50. The summed E-state index contributed by atoms with van der Waals surface area (Å²) in [4.78, 5) is 4.55. The van der Waals surface area contributed by atoms with Crippen LogP contribution < -0.4 is 0 Å². The Balaban J connectivity index is 2.13. The monoisotopic (exact) mass is 319 g/mol. The fraction of sp³-hybridized carbons (Fsp3) is 0.158. The Morgan fingerprint density at radius 2 is 1.78 bits per heavy atom. The van der Waals surface area contributed by atoms with Gasteiger partial charge in [0.1, 0.15) is 0 Å². The van der Waals surface area contributed by atoms with Crippen molar-refractivity contribution in [3.05, 3.63) is 66.4 Å². The van der Waals surface area contributed by atoms with Crippen LogP contribution in [0, 0.1) is 18.3 Å². The van der Waals surface area contributed by atoms with E-state index in [1.807, 2.05) is 31.3 Å². The van der Waals surface area contributed by atoms with Crippen LogP contribution in [0.1, 0.15) is 12.5 Å². The number of thioether (sulfide) groups is 1. The average Bonchev–Trinajstić information content (AvgIpc) is 2.99. The van der Waals surface area contributed by atoms with Crippen molar-refractivity contribution in [2.24, 2.45) is 0 Å². The molecule has 0 saturated carbocycles. The van der Waals surface area contributed by atoms with E-state index in [2.05, 4.69) is 58.9 Å². The summed E-state index contributed by atoms with van der Waals surface area (Å²) in [5.41, 5.74) is 4.42. The normalized spacial score (nSPS) is 11.9. The van der Waals surface area contributed by atoms with Crippen molar-refractivity contribution in [1.29, 1.82) is 5.26 Å². The Morgan fingerprint density at radius 1 is 1.09 bits per heavy atom.